The lowest BCUT2D eigenvalue weighted by Crippen LogP contribution is -1.72. The summed E-state index contributed by atoms with van der Waals surface area (Å²) < 4.78 is 0.841. The molecule has 0 heterocycles. The molecule has 0 saturated carbocycles. The summed E-state index contributed by atoms with van der Waals surface area (Å²) in [4.78, 5) is 2.59. The van der Waals surface area contributed by atoms with E-state index in [1.807, 2.05) is 0 Å². The quantitative estimate of drug-likeness (QED) is 0.134. The maximum atomic E-state index is 7.83. The van der Waals surface area contributed by atoms with Crippen molar-refractivity contribution in [1.82, 2.24) is 0 Å². The van der Waals surface area contributed by atoms with E-state index in [1.165, 1.54) is 0 Å². The molecule has 0 fully saturated rings. The van der Waals surface area contributed by atoms with E-state index in [2.05, 4.69) is 44.5 Å². The Hall–Kier alpha value is -0.400. The first-order chi connectivity index (χ1) is 4.41. The van der Waals surface area contributed by atoms with Crippen molar-refractivity contribution in [2.75, 3.05) is 11.0 Å². The molecule has 0 aliphatic heterocycles. The van der Waals surface area contributed by atoms with Crippen LogP contribution in [0.25, 0.3) is 10.4 Å². The summed E-state index contributed by atoms with van der Waals surface area (Å²) in [5.41, 5.74) is 7.83. The second kappa shape index (κ2) is 7.60. The van der Waals surface area contributed by atoms with E-state index in [0.29, 0.717) is 13.0 Å². The zero-order chi connectivity index (χ0) is 6.95. The highest BCUT2D eigenvalue weighted by Gasteiger charge is 1.72. The standard InChI is InChI=1S/C5H6IN3/c6-4-2-1-3-5-8-9-7/h3-5H2. The van der Waals surface area contributed by atoms with E-state index < -0.39 is 0 Å². The number of alkyl halides is 1. The zero-order valence-corrected chi connectivity index (χ0v) is 7.00. The first-order valence-electron chi connectivity index (χ1n) is 2.44. The van der Waals surface area contributed by atoms with Crippen molar-refractivity contribution in [2.24, 2.45) is 5.11 Å². The topological polar surface area (TPSA) is 48.8 Å². The maximum absolute atomic E-state index is 7.83. The Morgan fingerprint density at radius 3 is 2.89 bits per heavy atom. The average molecular weight is 235 g/mol. The van der Waals surface area contributed by atoms with Gasteiger partial charge in [-0.2, -0.15) is 0 Å². The number of halogens is 1. The van der Waals surface area contributed by atoms with E-state index in [9.17, 15) is 0 Å². The van der Waals surface area contributed by atoms with Gasteiger partial charge in [-0.1, -0.05) is 33.6 Å². The Morgan fingerprint density at radius 1 is 1.56 bits per heavy atom. The Kier molecular flexibility index (Phi) is 7.26. The lowest BCUT2D eigenvalue weighted by molar-refractivity contribution is 1.01. The van der Waals surface area contributed by atoms with Gasteiger partial charge in [0.1, 0.15) is 0 Å². The molecule has 0 N–H and O–H groups in total. The van der Waals surface area contributed by atoms with Crippen LogP contribution in [0.5, 0.6) is 0 Å². The minimum atomic E-state index is 0.486. The van der Waals surface area contributed by atoms with Gasteiger partial charge in [0.15, 0.2) is 0 Å². The smallest absolute Gasteiger partial charge is 0.0609 e. The van der Waals surface area contributed by atoms with Gasteiger partial charge in [0.05, 0.1) is 4.43 Å². The fourth-order valence-electron chi connectivity index (χ4n) is 0.286. The predicted octanol–water partition coefficient (Wildman–Crippen LogP) is 2.13. The van der Waals surface area contributed by atoms with E-state index in [-0.39, 0.29) is 0 Å². The molecule has 0 unspecified atom stereocenters. The molecule has 0 bridgehead atoms. The van der Waals surface area contributed by atoms with Crippen molar-refractivity contribution in [2.45, 2.75) is 6.42 Å². The first kappa shape index (κ1) is 8.60. The van der Waals surface area contributed by atoms with Crippen molar-refractivity contribution in [1.29, 1.82) is 0 Å². The van der Waals surface area contributed by atoms with Crippen molar-refractivity contribution < 1.29 is 0 Å². The predicted molar refractivity (Wildman–Crippen MR) is 45.3 cm³/mol. The van der Waals surface area contributed by atoms with Crippen molar-refractivity contribution in [3.8, 4) is 11.8 Å². The molecule has 0 radical (unpaired) electrons. The summed E-state index contributed by atoms with van der Waals surface area (Å²) in [7, 11) is 0. The molecule has 3 nitrogen and oxygen atoms in total. The second-order valence-electron chi connectivity index (χ2n) is 1.19. The molecule has 0 spiro atoms. The van der Waals surface area contributed by atoms with E-state index in [0.717, 1.165) is 4.43 Å². The van der Waals surface area contributed by atoms with Gasteiger partial charge in [0.2, 0.25) is 0 Å². The molecular weight excluding hydrogens is 229 g/mol. The largest absolute Gasteiger partial charge is 0.102 e. The second-order valence-corrected chi connectivity index (χ2v) is 1.95. The lowest BCUT2D eigenvalue weighted by atomic mass is 10.4. The van der Waals surface area contributed by atoms with Gasteiger partial charge in [-0.05, 0) is 5.53 Å². The fourth-order valence-corrected chi connectivity index (χ4v) is 0.556. The Labute approximate surface area is 67.6 Å². The molecule has 0 saturated heterocycles. The van der Waals surface area contributed by atoms with E-state index in [1.54, 1.807) is 0 Å². The average Bonchev–Trinajstić information content (AvgIpc) is 1.89. The van der Waals surface area contributed by atoms with Gasteiger partial charge in [-0.15, -0.1) is 5.92 Å². The molecule has 0 aromatic rings. The third-order valence-corrected chi connectivity index (χ3v) is 0.973. The summed E-state index contributed by atoms with van der Waals surface area (Å²) in [5, 5.41) is 3.32. The maximum Gasteiger partial charge on any atom is 0.0609 e. The van der Waals surface area contributed by atoms with E-state index >= 15 is 0 Å². The van der Waals surface area contributed by atoms with Gasteiger partial charge in [-0.25, -0.2) is 0 Å². The summed E-state index contributed by atoms with van der Waals surface area (Å²) >= 11 is 2.17. The Morgan fingerprint density at radius 2 is 2.33 bits per heavy atom. The number of rotatable bonds is 2. The number of nitrogens with zero attached hydrogens (tertiary/aromatic N) is 3. The van der Waals surface area contributed by atoms with Crippen molar-refractivity contribution >= 4 is 22.6 Å². The molecule has 0 atom stereocenters. The van der Waals surface area contributed by atoms with Crippen LogP contribution in [0, 0.1) is 11.8 Å². The van der Waals surface area contributed by atoms with Crippen LogP contribution in [0.15, 0.2) is 5.11 Å². The Bertz CT molecular complexity index is 161. The molecular formula is C5H6IN3. The van der Waals surface area contributed by atoms with Crippen LogP contribution in [-0.4, -0.2) is 11.0 Å². The monoisotopic (exact) mass is 235 g/mol. The molecule has 0 rings (SSSR count). The lowest BCUT2D eigenvalue weighted by Gasteiger charge is -1.75. The molecule has 0 aliphatic carbocycles. The fraction of sp³-hybridized carbons (Fsp3) is 0.600. The summed E-state index contributed by atoms with van der Waals surface area (Å²) in [5.74, 6) is 5.71. The van der Waals surface area contributed by atoms with E-state index in [4.69, 9.17) is 5.53 Å². The van der Waals surface area contributed by atoms with Gasteiger partial charge in [0, 0.05) is 17.9 Å². The third kappa shape index (κ3) is 7.60. The summed E-state index contributed by atoms with van der Waals surface area (Å²) in [6.07, 6.45) is 0.674. The minimum Gasteiger partial charge on any atom is -0.102 e. The van der Waals surface area contributed by atoms with Crippen molar-refractivity contribution in [3.05, 3.63) is 10.4 Å². The van der Waals surface area contributed by atoms with Gasteiger partial charge in [-0.3, -0.25) is 0 Å². The molecule has 48 valence electrons. The summed E-state index contributed by atoms with van der Waals surface area (Å²) in [6.45, 7) is 0.486. The van der Waals surface area contributed by atoms with Crippen LogP contribution in [0.4, 0.5) is 0 Å². The number of azide groups is 1. The van der Waals surface area contributed by atoms with Crippen LogP contribution < -0.4 is 0 Å². The zero-order valence-electron chi connectivity index (χ0n) is 4.84. The van der Waals surface area contributed by atoms with Crippen LogP contribution in [0.1, 0.15) is 6.42 Å². The Balaban J connectivity index is 3.18. The van der Waals surface area contributed by atoms with Crippen LogP contribution in [0.3, 0.4) is 0 Å². The normalized spacial score (nSPS) is 6.78. The number of hydrogen-bond acceptors (Lipinski definition) is 1. The highest BCUT2D eigenvalue weighted by Crippen LogP contribution is 1.80. The van der Waals surface area contributed by atoms with Crippen molar-refractivity contribution in [3.63, 3.8) is 0 Å². The van der Waals surface area contributed by atoms with Crippen LogP contribution in [0.2, 0.25) is 0 Å². The SMILES string of the molecule is [N-]=[N+]=NCCC#CCI. The number of hydrogen-bond donors (Lipinski definition) is 0. The highest BCUT2D eigenvalue weighted by molar-refractivity contribution is 14.1. The molecule has 0 aromatic heterocycles. The summed E-state index contributed by atoms with van der Waals surface area (Å²) in [6, 6.07) is 0. The molecule has 0 aromatic carbocycles. The molecule has 0 aliphatic rings. The van der Waals surface area contributed by atoms with Gasteiger partial charge < -0.3 is 0 Å². The first-order valence-corrected chi connectivity index (χ1v) is 3.97. The molecule has 9 heavy (non-hydrogen) atoms. The van der Waals surface area contributed by atoms with Gasteiger partial charge >= 0.3 is 0 Å². The minimum absolute atomic E-state index is 0.486. The third-order valence-electron chi connectivity index (χ3n) is 0.592. The molecule has 4 heteroatoms. The highest BCUT2D eigenvalue weighted by atomic mass is 127. The van der Waals surface area contributed by atoms with Crippen LogP contribution in [-0.2, 0) is 0 Å². The van der Waals surface area contributed by atoms with Crippen LogP contribution >= 0.6 is 22.6 Å². The molecule has 0 amide bonds. The van der Waals surface area contributed by atoms with Gasteiger partial charge in [0.25, 0.3) is 0 Å².